The summed E-state index contributed by atoms with van der Waals surface area (Å²) in [6, 6.07) is 4.67. The Bertz CT molecular complexity index is 730. The van der Waals surface area contributed by atoms with Crippen LogP contribution < -0.4 is 10.9 Å². The van der Waals surface area contributed by atoms with E-state index in [0.29, 0.717) is 18.0 Å². The van der Waals surface area contributed by atoms with E-state index in [1.807, 2.05) is 17.6 Å². The van der Waals surface area contributed by atoms with Crippen LogP contribution in [0.3, 0.4) is 0 Å². The molecule has 1 atom stereocenters. The summed E-state index contributed by atoms with van der Waals surface area (Å²) in [5.74, 6) is 0.592. The van der Waals surface area contributed by atoms with Crippen molar-refractivity contribution in [2.75, 3.05) is 0 Å². The first-order valence-electron chi connectivity index (χ1n) is 8.96. The van der Waals surface area contributed by atoms with E-state index in [2.05, 4.69) is 22.3 Å². The van der Waals surface area contributed by atoms with Crippen molar-refractivity contribution in [3.8, 4) is 0 Å². The second-order valence-electron chi connectivity index (χ2n) is 7.08. The lowest BCUT2D eigenvalue weighted by atomic mass is 9.91. The van der Waals surface area contributed by atoms with Crippen molar-refractivity contribution < 1.29 is 0 Å². The maximum Gasteiger partial charge on any atom is 0.267 e. The van der Waals surface area contributed by atoms with E-state index in [1.165, 1.54) is 12.8 Å². The molecule has 128 valence electrons. The van der Waals surface area contributed by atoms with Crippen LogP contribution in [-0.2, 0) is 0 Å². The molecule has 6 heteroatoms. The quantitative estimate of drug-likeness (QED) is 0.903. The van der Waals surface area contributed by atoms with E-state index >= 15 is 0 Å². The molecule has 0 radical (unpaired) electrons. The van der Waals surface area contributed by atoms with Gasteiger partial charge in [0.1, 0.15) is 5.01 Å². The molecular formula is C18H24N4OS. The lowest BCUT2D eigenvalue weighted by molar-refractivity contribution is 0.258. The number of rotatable bonds is 5. The molecule has 5 nitrogen and oxygen atoms in total. The molecule has 1 N–H and O–H groups in total. The Kier molecular flexibility index (Phi) is 4.50. The summed E-state index contributed by atoms with van der Waals surface area (Å²) in [5.41, 5.74) is 1.15. The summed E-state index contributed by atoms with van der Waals surface area (Å²) in [6.45, 7) is 2.18. The Balaban J connectivity index is 1.37. The van der Waals surface area contributed by atoms with Crippen molar-refractivity contribution in [2.24, 2.45) is 0 Å². The Morgan fingerprint density at radius 2 is 2.00 bits per heavy atom. The van der Waals surface area contributed by atoms with Gasteiger partial charge in [-0.1, -0.05) is 0 Å². The van der Waals surface area contributed by atoms with E-state index in [1.54, 1.807) is 22.1 Å². The minimum Gasteiger partial charge on any atom is -0.305 e. The fourth-order valence-corrected chi connectivity index (χ4v) is 4.31. The van der Waals surface area contributed by atoms with Gasteiger partial charge in [0.25, 0.3) is 5.56 Å². The van der Waals surface area contributed by atoms with Gasteiger partial charge in [-0.15, -0.1) is 11.3 Å². The molecule has 2 aliphatic rings. The Morgan fingerprint density at radius 1 is 1.21 bits per heavy atom. The van der Waals surface area contributed by atoms with Crippen LogP contribution >= 0.6 is 11.3 Å². The highest BCUT2D eigenvalue weighted by Gasteiger charge is 2.28. The van der Waals surface area contributed by atoms with Crippen LogP contribution in [0.15, 0.2) is 28.5 Å². The maximum atomic E-state index is 12.2. The van der Waals surface area contributed by atoms with E-state index in [9.17, 15) is 4.79 Å². The van der Waals surface area contributed by atoms with E-state index < -0.39 is 0 Å². The zero-order valence-electron chi connectivity index (χ0n) is 14.0. The average Bonchev–Trinajstić information content (AvgIpc) is 3.30. The van der Waals surface area contributed by atoms with E-state index in [-0.39, 0.29) is 11.6 Å². The molecule has 1 unspecified atom stereocenters. The molecule has 0 bridgehead atoms. The van der Waals surface area contributed by atoms with Gasteiger partial charge in [-0.25, -0.2) is 9.67 Å². The minimum absolute atomic E-state index is 0.0481. The van der Waals surface area contributed by atoms with Gasteiger partial charge in [-0.05, 0) is 51.5 Å². The summed E-state index contributed by atoms with van der Waals surface area (Å²) in [6.07, 6.45) is 8.50. The van der Waals surface area contributed by atoms with E-state index in [4.69, 9.17) is 0 Å². The lowest BCUT2D eigenvalue weighted by Crippen LogP contribution is -2.37. The van der Waals surface area contributed by atoms with Gasteiger partial charge < -0.3 is 5.32 Å². The van der Waals surface area contributed by atoms with Crippen molar-refractivity contribution in [3.63, 3.8) is 0 Å². The van der Waals surface area contributed by atoms with Crippen LogP contribution in [0, 0.1) is 0 Å². The smallest absolute Gasteiger partial charge is 0.267 e. The monoisotopic (exact) mass is 344 g/mol. The molecule has 0 aromatic carbocycles. The second kappa shape index (κ2) is 6.76. The molecule has 2 heterocycles. The average molecular weight is 344 g/mol. The number of aromatic nitrogens is 3. The molecule has 2 saturated carbocycles. The van der Waals surface area contributed by atoms with Gasteiger partial charge in [0.2, 0.25) is 0 Å². The molecule has 0 amide bonds. The van der Waals surface area contributed by atoms with Crippen LogP contribution in [0.5, 0.6) is 0 Å². The van der Waals surface area contributed by atoms with Crippen LogP contribution in [0.2, 0.25) is 0 Å². The molecule has 2 aromatic heterocycles. The van der Waals surface area contributed by atoms with Crippen molar-refractivity contribution in [1.82, 2.24) is 20.1 Å². The van der Waals surface area contributed by atoms with Gasteiger partial charge in [0.05, 0.1) is 17.8 Å². The lowest BCUT2D eigenvalue weighted by Gasteiger charge is -2.31. The Morgan fingerprint density at radius 3 is 2.67 bits per heavy atom. The first kappa shape index (κ1) is 16.0. The molecule has 2 fully saturated rings. The number of hydrogen-bond donors (Lipinski definition) is 1. The molecule has 0 spiro atoms. The zero-order valence-corrected chi connectivity index (χ0v) is 14.8. The number of nitrogens with one attached hydrogen (secondary N) is 1. The molecule has 4 rings (SSSR count). The van der Waals surface area contributed by atoms with Gasteiger partial charge in [-0.2, -0.15) is 5.10 Å². The maximum absolute atomic E-state index is 12.2. The normalized spacial score (nSPS) is 25.5. The van der Waals surface area contributed by atoms with Crippen LogP contribution in [-0.4, -0.2) is 20.8 Å². The first-order chi connectivity index (χ1) is 11.7. The predicted octanol–water partition coefficient (Wildman–Crippen LogP) is 3.41. The summed E-state index contributed by atoms with van der Waals surface area (Å²) in [5, 5.41) is 11.5. The third-order valence-corrected chi connectivity index (χ3v) is 6.15. The van der Waals surface area contributed by atoms with Gasteiger partial charge >= 0.3 is 0 Å². The predicted molar refractivity (Wildman–Crippen MR) is 95.4 cm³/mol. The molecule has 24 heavy (non-hydrogen) atoms. The van der Waals surface area contributed by atoms with Crippen molar-refractivity contribution in [1.29, 1.82) is 0 Å². The first-order valence-corrected chi connectivity index (χ1v) is 9.84. The fraction of sp³-hybridized carbons (Fsp3) is 0.611. The fourth-order valence-electron chi connectivity index (χ4n) is 3.66. The highest BCUT2D eigenvalue weighted by atomic mass is 32.1. The SMILES string of the molecule is CC(NC1CCC(n2nc(C3CC3)ccc2=O)CC1)c1nccs1. The van der Waals surface area contributed by atoms with Crippen molar-refractivity contribution in [3.05, 3.63) is 44.8 Å². The Labute approximate surface area is 146 Å². The van der Waals surface area contributed by atoms with Crippen molar-refractivity contribution in [2.45, 2.75) is 69.5 Å². The summed E-state index contributed by atoms with van der Waals surface area (Å²) in [7, 11) is 0. The number of thiazole rings is 1. The van der Waals surface area contributed by atoms with Crippen LogP contribution in [0.1, 0.15) is 74.2 Å². The second-order valence-corrected chi connectivity index (χ2v) is 8.01. The van der Waals surface area contributed by atoms with Crippen LogP contribution in [0.4, 0.5) is 0 Å². The number of nitrogens with zero attached hydrogens (tertiary/aromatic N) is 3. The number of hydrogen-bond acceptors (Lipinski definition) is 5. The highest BCUT2D eigenvalue weighted by Crippen LogP contribution is 2.38. The summed E-state index contributed by atoms with van der Waals surface area (Å²) < 4.78 is 1.76. The van der Waals surface area contributed by atoms with Crippen LogP contribution in [0.25, 0.3) is 0 Å². The molecular weight excluding hydrogens is 320 g/mol. The standard InChI is InChI=1S/C18H24N4OS/c1-12(18-19-10-11-24-18)20-14-4-6-15(7-5-14)22-17(23)9-8-16(21-22)13-2-3-13/h8-15,20H,2-7H2,1H3. The highest BCUT2D eigenvalue weighted by molar-refractivity contribution is 7.09. The summed E-state index contributed by atoms with van der Waals surface area (Å²) in [4.78, 5) is 16.6. The van der Waals surface area contributed by atoms with Crippen molar-refractivity contribution >= 4 is 11.3 Å². The Hall–Kier alpha value is -1.53. The van der Waals surface area contributed by atoms with E-state index in [0.717, 1.165) is 36.4 Å². The molecule has 0 aliphatic heterocycles. The third-order valence-electron chi connectivity index (χ3n) is 5.19. The third kappa shape index (κ3) is 3.44. The van der Waals surface area contributed by atoms with Gasteiger partial charge in [0, 0.05) is 29.6 Å². The topological polar surface area (TPSA) is 59.8 Å². The van der Waals surface area contributed by atoms with Gasteiger partial charge in [-0.3, -0.25) is 4.79 Å². The van der Waals surface area contributed by atoms with Gasteiger partial charge in [0.15, 0.2) is 0 Å². The molecule has 2 aromatic rings. The summed E-state index contributed by atoms with van der Waals surface area (Å²) >= 11 is 1.70. The largest absolute Gasteiger partial charge is 0.305 e. The minimum atomic E-state index is 0.0481. The zero-order chi connectivity index (χ0) is 16.5. The molecule has 2 aliphatic carbocycles. The molecule has 0 saturated heterocycles.